The number of nitro groups is 1. The molecule has 0 saturated carbocycles. The Balaban J connectivity index is 2.12. The predicted molar refractivity (Wildman–Crippen MR) is 124 cm³/mol. The molecular weight excluding hydrogens is 410 g/mol. The Morgan fingerprint density at radius 3 is 2.38 bits per heavy atom. The summed E-state index contributed by atoms with van der Waals surface area (Å²) in [5.74, 6) is 0.404. The Hall–Kier alpha value is -3.68. The molecule has 0 radical (unpaired) electrons. The molecule has 8 nitrogen and oxygen atoms in total. The van der Waals surface area contributed by atoms with Crippen LogP contribution in [0.3, 0.4) is 0 Å². The summed E-state index contributed by atoms with van der Waals surface area (Å²) in [7, 11) is 1.61. The van der Waals surface area contributed by atoms with Gasteiger partial charge in [-0.1, -0.05) is 20.8 Å². The van der Waals surface area contributed by atoms with Gasteiger partial charge in [0.05, 0.1) is 12.0 Å². The number of imide groups is 1. The number of amides is 3. The van der Waals surface area contributed by atoms with Crippen molar-refractivity contribution in [2.45, 2.75) is 39.5 Å². The second kappa shape index (κ2) is 8.82. The van der Waals surface area contributed by atoms with E-state index in [4.69, 9.17) is 4.74 Å². The number of urea groups is 1. The summed E-state index contributed by atoms with van der Waals surface area (Å²) in [5.41, 5.74) is 3.84. The molecule has 0 unspecified atom stereocenters. The van der Waals surface area contributed by atoms with Gasteiger partial charge in [-0.15, -0.1) is 0 Å². The monoisotopic (exact) mass is 437 g/mol. The first-order chi connectivity index (χ1) is 15.0. The topological polar surface area (TPSA) is 102 Å². The standard InChI is InChI=1S/C24H27N3O5/c1-15(16-6-8-18(9-7-16)27(30)31)12-17-13-19(26-11-10-21(28)25-23(26)29)14-20(22(17)32-5)24(2,3)4/h6-9,12-14H,10-11H2,1-5H3,(H,25,28,29)/b15-12+. The van der Waals surface area contributed by atoms with Crippen molar-refractivity contribution in [3.05, 3.63) is 63.2 Å². The number of anilines is 1. The Labute approximate surface area is 187 Å². The van der Waals surface area contributed by atoms with Crippen molar-refractivity contribution in [3.63, 3.8) is 0 Å². The van der Waals surface area contributed by atoms with Crippen molar-refractivity contribution in [1.29, 1.82) is 0 Å². The number of allylic oxidation sites excluding steroid dienone is 1. The van der Waals surface area contributed by atoms with Gasteiger partial charge in [0.1, 0.15) is 5.75 Å². The molecule has 2 aromatic carbocycles. The van der Waals surface area contributed by atoms with Crippen molar-refractivity contribution in [2.75, 3.05) is 18.6 Å². The molecule has 32 heavy (non-hydrogen) atoms. The zero-order valence-electron chi connectivity index (χ0n) is 18.9. The fourth-order valence-electron chi connectivity index (χ4n) is 3.66. The summed E-state index contributed by atoms with van der Waals surface area (Å²) in [6, 6.07) is 9.67. The van der Waals surface area contributed by atoms with E-state index in [1.54, 1.807) is 24.1 Å². The van der Waals surface area contributed by atoms with E-state index in [1.807, 2.05) is 25.1 Å². The van der Waals surface area contributed by atoms with Crippen LogP contribution in [-0.4, -0.2) is 30.5 Å². The van der Waals surface area contributed by atoms with Gasteiger partial charge in [-0.2, -0.15) is 0 Å². The fraction of sp³-hybridized carbons (Fsp3) is 0.333. The van der Waals surface area contributed by atoms with Crippen LogP contribution in [0.1, 0.15) is 50.8 Å². The van der Waals surface area contributed by atoms with Crippen LogP contribution >= 0.6 is 0 Å². The van der Waals surface area contributed by atoms with Gasteiger partial charge in [0.25, 0.3) is 5.69 Å². The second-order valence-electron chi connectivity index (χ2n) is 8.75. The molecule has 3 rings (SSSR count). The molecule has 8 heteroatoms. The molecule has 0 spiro atoms. The first kappa shape index (κ1) is 23.0. The summed E-state index contributed by atoms with van der Waals surface area (Å²) in [6.45, 7) is 8.39. The number of hydrogen-bond acceptors (Lipinski definition) is 5. The smallest absolute Gasteiger partial charge is 0.328 e. The van der Waals surface area contributed by atoms with E-state index in [-0.39, 0.29) is 23.4 Å². The largest absolute Gasteiger partial charge is 0.496 e. The number of hydrogen-bond donors (Lipinski definition) is 1. The molecule has 3 amide bonds. The zero-order valence-corrected chi connectivity index (χ0v) is 18.9. The molecule has 1 N–H and O–H groups in total. The zero-order chi connectivity index (χ0) is 23.6. The van der Waals surface area contributed by atoms with Crippen molar-refractivity contribution in [2.24, 2.45) is 0 Å². The van der Waals surface area contributed by atoms with E-state index in [0.29, 0.717) is 18.0 Å². The minimum atomic E-state index is -0.451. The minimum absolute atomic E-state index is 0.0294. The highest BCUT2D eigenvalue weighted by Crippen LogP contribution is 2.39. The molecule has 1 saturated heterocycles. The molecule has 0 aromatic heterocycles. The van der Waals surface area contributed by atoms with E-state index in [0.717, 1.165) is 22.3 Å². The van der Waals surface area contributed by atoms with E-state index < -0.39 is 11.0 Å². The molecule has 1 fully saturated rings. The quantitative estimate of drug-likeness (QED) is 0.407. The summed E-state index contributed by atoms with van der Waals surface area (Å²) in [5, 5.41) is 13.3. The average molecular weight is 437 g/mol. The molecule has 1 aliphatic heterocycles. The maximum Gasteiger partial charge on any atom is 0.328 e. The lowest BCUT2D eigenvalue weighted by Gasteiger charge is -2.30. The highest BCUT2D eigenvalue weighted by Gasteiger charge is 2.28. The maximum absolute atomic E-state index is 12.5. The van der Waals surface area contributed by atoms with Gasteiger partial charge in [-0.25, -0.2) is 4.79 Å². The third kappa shape index (κ3) is 4.80. The van der Waals surface area contributed by atoms with Crippen LogP contribution in [-0.2, 0) is 10.2 Å². The number of nitro benzene ring substituents is 1. The normalized spacial score (nSPS) is 14.9. The van der Waals surface area contributed by atoms with Crippen molar-refractivity contribution >= 4 is 35.0 Å². The first-order valence-electron chi connectivity index (χ1n) is 10.3. The third-order valence-electron chi connectivity index (χ3n) is 5.39. The number of carbonyl (C=O) groups excluding carboxylic acids is 2. The lowest BCUT2D eigenvalue weighted by atomic mass is 9.84. The number of benzene rings is 2. The molecule has 168 valence electrons. The van der Waals surface area contributed by atoms with Crippen molar-refractivity contribution < 1.29 is 19.2 Å². The molecule has 1 aliphatic rings. The summed E-state index contributed by atoms with van der Waals surface area (Å²) < 4.78 is 5.77. The maximum atomic E-state index is 12.5. The van der Waals surface area contributed by atoms with Gasteiger partial charge in [0.2, 0.25) is 5.91 Å². The third-order valence-corrected chi connectivity index (χ3v) is 5.39. The molecule has 0 aliphatic carbocycles. The number of nitrogens with zero attached hydrogens (tertiary/aromatic N) is 2. The van der Waals surface area contributed by atoms with E-state index >= 15 is 0 Å². The highest BCUT2D eigenvalue weighted by molar-refractivity contribution is 6.06. The van der Waals surface area contributed by atoms with Crippen molar-refractivity contribution in [1.82, 2.24) is 5.32 Å². The number of ether oxygens (including phenoxy) is 1. The summed E-state index contributed by atoms with van der Waals surface area (Å²) in [4.78, 5) is 36.1. The van der Waals surface area contributed by atoms with Gasteiger partial charge in [0.15, 0.2) is 0 Å². The molecule has 0 bridgehead atoms. The van der Waals surface area contributed by atoms with Gasteiger partial charge in [0, 0.05) is 41.9 Å². The SMILES string of the molecule is COc1c(/C=C(\C)c2ccc([N+](=O)[O-])cc2)cc(N2CCC(=O)NC2=O)cc1C(C)(C)C. The number of carbonyl (C=O) groups is 2. The fourth-order valence-corrected chi connectivity index (χ4v) is 3.66. The van der Waals surface area contributed by atoms with Crippen LogP contribution < -0.4 is 15.0 Å². The number of rotatable bonds is 5. The van der Waals surface area contributed by atoms with Crippen molar-refractivity contribution in [3.8, 4) is 5.75 Å². The minimum Gasteiger partial charge on any atom is -0.496 e. The molecule has 2 aromatic rings. The van der Waals surface area contributed by atoms with Gasteiger partial charge in [-0.05, 0) is 53.8 Å². The van der Waals surface area contributed by atoms with Gasteiger partial charge < -0.3 is 4.74 Å². The Morgan fingerprint density at radius 1 is 1.19 bits per heavy atom. The Bertz CT molecular complexity index is 1100. The van der Waals surface area contributed by atoms with E-state index in [1.165, 1.54) is 12.1 Å². The number of non-ortho nitro benzene ring substituents is 1. The van der Waals surface area contributed by atoms with Crippen LogP contribution in [0.4, 0.5) is 16.2 Å². The van der Waals surface area contributed by atoms with Crippen LogP contribution in [0.25, 0.3) is 11.6 Å². The van der Waals surface area contributed by atoms with E-state index in [2.05, 4.69) is 26.1 Å². The second-order valence-corrected chi connectivity index (χ2v) is 8.75. The Kier molecular flexibility index (Phi) is 6.34. The number of methoxy groups -OCH3 is 1. The molecule has 1 heterocycles. The van der Waals surface area contributed by atoms with Gasteiger partial charge >= 0.3 is 6.03 Å². The number of nitrogens with one attached hydrogen (secondary N) is 1. The van der Waals surface area contributed by atoms with Crippen LogP contribution in [0.5, 0.6) is 5.75 Å². The van der Waals surface area contributed by atoms with Crippen LogP contribution in [0, 0.1) is 10.1 Å². The summed E-state index contributed by atoms with van der Waals surface area (Å²) >= 11 is 0. The van der Waals surface area contributed by atoms with Gasteiger partial charge in [-0.3, -0.25) is 25.1 Å². The lowest BCUT2D eigenvalue weighted by molar-refractivity contribution is -0.384. The Morgan fingerprint density at radius 2 is 1.84 bits per heavy atom. The van der Waals surface area contributed by atoms with E-state index in [9.17, 15) is 19.7 Å². The summed E-state index contributed by atoms with van der Waals surface area (Å²) in [6.07, 6.45) is 2.17. The average Bonchev–Trinajstić information content (AvgIpc) is 2.72. The molecular formula is C24H27N3O5. The molecule has 0 atom stereocenters. The highest BCUT2D eigenvalue weighted by atomic mass is 16.6. The predicted octanol–water partition coefficient (Wildman–Crippen LogP) is 4.91. The van der Waals surface area contributed by atoms with Crippen LogP contribution in [0.2, 0.25) is 0 Å². The first-order valence-corrected chi connectivity index (χ1v) is 10.3. The van der Waals surface area contributed by atoms with Crippen LogP contribution in [0.15, 0.2) is 36.4 Å². The lowest BCUT2D eigenvalue weighted by Crippen LogP contribution is -2.49.